The number of aromatic nitrogens is 2. The Labute approximate surface area is 128 Å². The van der Waals surface area contributed by atoms with Crippen LogP contribution in [0.2, 0.25) is 0 Å². The topological polar surface area (TPSA) is 65.2 Å². The summed E-state index contributed by atoms with van der Waals surface area (Å²) in [5, 5.41) is 3.75. The summed E-state index contributed by atoms with van der Waals surface area (Å²) in [5.74, 6) is -0.153. The van der Waals surface area contributed by atoms with Crippen LogP contribution in [0.3, 0.4) is 0 Å². The highest BCUT2D eigenvalue weighted by Crippen LogP contribution is 2.12. The van der Waals surface area contributed by atoms with Gasteiger partial charge in [-0.05, 0) is 30.5 Å². The fourth-order valence-electron chi connectivity index (χ4n) is 2.04. The van der Waals surface area contributed by atoms with E-state index >= 15 is 0 Å². The van der Waals surface area contributed by atoms with E-state index in [2.05, 4.69) is 10.1 Å². The minimum atomic E-state index is -0.371. The molecule has 0 amide bonds. The average molecular weight is 306 g/mol. The standard InChI is InChI=1S/C16H19FN2O3/c1-3-5-15-18-14(19-22-15)10-21-16(20)11(2)8-12-6-4-7-13(17)9-12/h4,6-7,9,11H,3,5,8,10H2,1-2H3. The van der Waals surface area contributed by atoms with Gasteiger partial charge in [-0.1, -0.05) is 31.1 Å². The number of nitrogens with zero attached hydrogens (tertiary/aromatic N) is 2. The third-order valence-corrected chi connectivity index (χ3v) is 3.15. The Kier molecular flexibility index (Phi) is 5.63. The van der Waals surface area contributed by atoms with Crippen molar-refractivity contribution in [3.8, 4) is 0 Å². The minimum absolute atomic E-state index is 0.0143. The quantitative estimate of drug-likeness (QED) is 0.735. The molecule has 0 saturated heterocycles. The minimum Gasteiger partial charge on any atom is -0.457 e. The Balaban J connectivity index is 1.83. The molecule has 0 N–H and O–H groups in total. The highest BCUT2D eigenvalue weighted by atomic mass is 19.1. The fourth-order valence-corrected chi connectivity index (χ4v) is 2.04. The van der Waals surface area contributed by atoms with Crippen LogP contribution in [0.4, 0.5) is 4.39 Å². The summed E-state index contributed by atoms with van der Waals surface area (Å²) < 4.78 is 23.3. The molecule has 1 heterocycles. The Morgan fingerprint density at radius 2 is 2.27 bits per heavy atom. The smallest absolute Gasteiger partial charge is 0.309 e. The van der Waals surface area contributed by atoms with Crippen molar-refractivity contribution >= 4 is 5.97 Å². The number of carbonyl (C=O) groups is 1. The van der Waals surface area contributed by atoms with Gasteiger partial charge in [0.1, 0.15) is 5.82 Å². The van der Waals surface area contributed by atoms with Gasteiger partial charge in [-0.2, -0.15) is 4.98 Å². The van der Waals surface area contributed by atoms with Crippen molar-refractivity contribution < 1.29 is 18.4 Å². The summed E-state index contributed by atoms with van der Waals surface area (Å²) in [6.45, 7) is 3.74. The Hall–Kier alpha value is -2.24. The van der Waals surface area contributed by atoms with Crippen molar-refractivity contribution in [2.24, 2.45) is 5.92 Å². The van der Waals surface area contributed by atoms with Crippen LogP contribution in [0, 0.1) is 11.7 Å². The number of hydrogen-bond acceptors (Lipinski definition) is 5. The SMILES string of the molecule is CCCc1nc(COC(=O)C(C)Cc2cccc(F)c2)no1. The van der Waals surface area contributed by atoms with E-state index in [1.807, 2.05) is 6.92 Å². The molecule has 6 heteroatoms. The van der Waals surface area contributed by atoms with Crippen LogP contribution in [0.25, 0.3) is 0 Å². The van der Waals surface area contributed by atoms with Crippen molar-refractivity contribution in [1.29, 1.82) is 0 Å². The van der Waals surface area contributed by atoms with Crippen LogP contribution in [-0.4, -0.2) is 16.1 Å². The lowest BCUT2D eigenvalue weighted by atomic mass is 10.0. The zero-order valence-electron chi connectivity index (χ0n) is 12.7. The molecule has 1 aromatic carbocycles. The van der Waals surface area contributed by atoms with E-state index in [1.54, 1.807) is 19.1 Å². The molecule has 1 atom stereocenters. The monoisotopic (exact) mass is 306 g/mol. The summed E-state index contributed by atoms with van der Waals surface area (Å²) in [6, 6.07) is 6.19. The largest absolute Gasteiger partial charge is 0.457 e. The summed E-state index contributed by atoms with van der Waals surface area (Å²) >= 11 is 0. The van der Waals surface area contributed by atoms with Gasteiger partial charge in [0.15, 0.2) is 6.61 Å². The molecule has 0 aliphatic heterocycles. The predicted molar refractivity (Wildman–Crippen MR) is 77.4 cm³/mol. The number of aryl methyl sites for hydroxylation is 1. The summed E-state index contributed by atoms with van der Waals surface area (Å²) in [6.07, 6.45) is 2.03. The molecule has 1 unspecified atom stereocenters. The van der Waals surface area contributed by atoms with Gasteiger partial charge in [0.2, 0.25) is 11.7 Å². The molecule has 0 aliphatic rings. The molecule has 0 saturated carbocycles. The fraction of sp³-hybridized carbons (Fsp3) is 0.438. The molecule has 2 rings (SSSR count). The molecular formula is C16H19FN2O3. The predicted octanol–water partition coefficient (Wildman–Crippen LogP) is 3.08. The maximum atomic E-state index is 13.1. The number of ether oxygens (including phenoxy) is 1. The molecule has 0 bridgehead atoms. The van der Waals surface area contributed by atoms with Gasteiger partial charge in [-0.3, -0.25) is 4.79 Å². The van der Waals surface area contributed by atoms with E-state index in [4.69, 9.17) is 9.26 Å². The number of esters is 1. The lowest BCUT2D eigenvalue weighted by Gasteiger charge is -2.10. The number of carbonyl (C=O) groups excluding carboxylic acids is 1. The third kappa shape index (κ3) is 4.65. The Morgan fingerprint density at radius 1 is 1.45 bits per heavy atom. The van der Waals surface area contributed by atoms with Crippen LogP contribution in [0.1, 0.15) is 37.5 Å². The number of rotatable bonds is 7. The molecule has 5 nitrogen and oxygen atoms in total. The van der Waals surface area contributed by atoms with Crippen LogP contribution >= 0.6 is 0 Å². The second kappa shape index (κ2) is 7.68. The lowest BCUT2D eigenvalue weighted by molar-refractivity contribution is -0.149. The van der Waals surface area contributed by atoms with Gasteiger partial charge in [-0.25, -0.2) is 4.39 Å². The van der Waals surface area contributed by atoms with Crippen LogP contribution < -0.4 is 0 Å². The van der Waals surface area contributed by atoms with Gasteiger partial charge in [0, 0.05) is 6.42 Å². The third-order valence-electron chi connectivity index (χ3n) is 3.15. The molecule has 22 heavy (non-hydrogen) atoms. The van der Waals surface area contributed by atoms with Crippen LogP contribution in [0.5, 0.6) is 0 Å². The number of benzene rings is 1. The molecule has 0 fully saturated rings. The molecule has 0 radical (unpaired) electrons. The number of halogens is 1. The molecular weight excluding hydrogens is 287 g/mol. The van der Waals surface area contributed by atoms with Crippen molar-refractivity contribution in [2.45, 2.75) is 39.7 Å². The van der Waals surface area contributed by atoms with E-state index in [-0.39, 0.29) is 24.3 Å². The molecule has 118 valence electrons. The van der Waals surface area contributed by atoms with Crippen molar-refractivity contribution in [1.82, 2.24) is 10.1 Å². The Bertz CT molecular complexity index is 627. The first kappa shape index (κ1) is 16.1. The first-order valence-electron chi connectivity index (χ1n) is 7.31. The lowest BCUT2D eigenvalue weighted by Crippen LogP contribution is -2.17. The zero-order valence-corrected chi connectivity index (χ0v) is 12.7. The molecule has 1 aromatic heterocycles. The number of hydrogen-bond donors (Lipinski definition) is 0. The van der Waals surface area contributed by atoms with Crippen molar-refractivity contribution in [3.05, 3.63) is 47.4 Å². The van der Waals surface area contributed by atoms with Gasteiger partial charge >= 0.3 is 5.97 Å². The first-order chi connectivity index (χ1) is 10.6. The summed E-state index contributed by atoms with van der Waals surface area (Å²) in [7, 11) is 0. The van der Waals surface area contributed by atoms with E-state index < -0.39 is 0 Å². The van der Waals surface area contributed by atoms with Crippen LogP contribution in [-0.2, 0) is 29.0 Å². The second-order valence-electron chi connectivity index (χ2n) is 5.20. The van der Waals surface area contributed by atoms with E-state index in [9.17, 15) is 9.18 Å². The van der Waals surface area contributed by atoms with Gasteiger partial charge in [0.05, 0.1) is 5.92 Å². The highest BCUT2D eigenvalue weighted by molar-refractivity contribution is 5.72. The van der Waals surface area contributed by atoms with Crippen molar-refractivity contribution in [3.63, 3.8) is 0 Å². The maximum absolute atomic E-state index is 13.1. The van der Waals surface area contributed by atoms with Crippen molar-refractivity contribution in [2.75, 3.05) is 0 Å². The van der Waals surface area contributed by atoms with Crippen LogP contribution in [0.15, 0.2) is 28.8 Å². The van der Waals surface area contributed by atoms with Gasteiger partial charge in [0.25, 0.3) is 0 Å². The summed E-state index contributed by atoms with van der Waals surface area (Å²) in [5.41, 5.74) is 0.759. The van der Waals surface area contributed by atoms with E-state index in [1.165, 1.54) is 12.1 Å². The van der Waals surface area contributed by atoms with Gasteiger partial charge < -0.3 is 9.26 Å². The second-order valence-corrected chi connectivity index (χ2v) is 5.20. The maximum Gasteiger partial charge on any atom is 0.309 e. The molecule has 0 aliphatic carbocycles. The van der Waals surface area contributed by atoms with E-state index in [0.717, 1.165) is 12.0 Å². The van der Waals surface area contributed by atoms with E-state index in [0.29, 0.717) is 24.6 Å². The zero-order chi connectivity index (χ0) is 15.9. The molecule has 0 spiro atoms. The summed E-state index contributed by atoms with van der Waals surface area (Å²) in [4.78, 5) is 16.1. The first-order valence-corrected chi connectivity index (χ1v) is 7.31. The molecule has 2 aromatic rings. The van der Waals surface area contributed by atoms with Gasteiger partial charge in [-0.15, -0.1) is 0 Å². The Morgan fingerprint density at radius 3 is 3.00 bits per heavy atom. The highest BCUT2D eigenvalue weighted by Gasteiger charge is 2.17. The normalized spacial score (nSPS) is 12.1. The average Bonchev–Trinajstić information content (AvgIpc) is 2.93.